The molecule has 2 rings (SSSR count). The first-order valence-electron chi connectivity index (χ1n) is 7.58. The van der Waals surface area contributed by atoms with Crippen LogP contribution in [-0.4, -0.2) is 22.1 Å². The van der Waals surface area contributed by atoms with Crippen LogP contribution in [-0.2, 0) is 10.2 Å². The number of nitrogens with one attached hydrogen (secondary N) is 1. The van der Waals surface area contributed by atoms with Crippen molar-refractivity contribution in [3.63, 3.8) is 0 Å². The largest absolute Gasteiger partial charge is 0.319 e. The van der Waals surface area contributed by atoms with Gasteiger partial charge in [-0.25, -0.2) is 0 Å². The Morgan fingerprint density at radius 1 is 1.12 bits per heavy atom. The number of carbonyl (C=O) groups excluding carboxylic acids is 1. The number of rotatable bonds is 4. The molecule has 0 radical (unpaired) electrons. The molecular weight excluding hydrogens is 344 g/mol. The van der Waals surface area contributed by atoms with Crippen LogP contribution in [0.4, 0.5) is 5.13 Å². The number of amides is 1. The third-order valence-electron chi connectivity index (χ3n) is 3.90. The maximum Gasteiger partial charge on any atom is 0.243 e. The summed E-state index contributed by atoms with van der Waals surface area (Å²) in [5.41, 5.74) is 6.55. The van der Waals surface area contributed by atoms with Crippen LogP contribution in [0.15, 0.2) is 30.3 Å². The molecule has 0 aliphatic heterocycles. The Morgan fingerprint density at radius 3 is 2.25 bits per heavy atom. The first-order valence-corrected chi connectivity index (χ1v) is 8.40. The van der Waals surface area contributed by atoms with Crippen molar-refractivity contribution < 1.29 is 4.79 Å². The van der Waals surface area contributed by atoms with E-state index in [0.29, 0.717) is 5.13 Å². The predicted octanol–water partition coefficient (Wildman–Crippen LogP) is 3.60. The molecule has 2 aromatic rings. The number of benzene rings is 1. The van der Waals surface area contributed by atoms with Gasteiger partial charge < -0.3 is 5.73 Å². The summed E-state index contributed by atoms with van der Waals surface area (Å²) in [7, 11) is 0. The van der Waals surface area contributed by atoms with Crippen molar-refractivity contribution in [2.45, 2.75) is 46.1 Å². The zero-order chi connectivity index (χ0) is 17.3. The Bertz CT molecular complexity index is 679. The van der Waals surface area contributed by atoms with Crippen LogP contribution >= 0.6 is 23.7 Å². The molecule has 0 bridgehead atoms. The molecule has 0 spiro atoms. The van der Waals surface area contributed by atoms with Gasteiger partial charge in [-0.15, -0.1) is 22.6 Å². The van der Waals surface area contributed by atoms with Crippen molar-refractivity contribution in [1.29, 1.82) is 0 Å². The molecular formula is C17H25ClN4OS. The fourth-order valence-corrected chi connectivity index (χ4v) is 2.95. The van der Waals surface area contributed by atoms with E-state index in [-0.39, 0.29) is 29.1 Å². The van der Waals surface area contributed by atoms with E-state index in [9.17, 15) is 4.79 Å². The molecule has 132 valence electrons. The van der Waals surface area contributed by atoms with E-state index >= 15 is 0 Å². The third-order valence-corrected chi connectivity index (χ3v) is 5.06. The van der Waals surface area contributed by atoms with Crippen LogP contribution in [0.3, 0.4) is 0 Å². The Balaban J connectivity index is 0.00000288. The van der Waals surface area contributed by atoms with Crippen LogP contribution in [0.5, 0.6) is 0 Å². The third kappa shape index (κ3) is 4.53. The molecule has 3 N–H and O–H groups in total. The van der Waals surface area contributed by atoms with Crippen molar-refractivity contribution in [3.8, 4) is 0 Å². The minimum atomic E-state index is -0.600. The van der Waals surface area contributed by atoms with Gasteiger partial charge in [-0.3, -0.25) is 10.1 Å². The van der Waals surface area contributed by atoms with Crippen LogP contribution < -0.4 is 11.1 Å². The van der Waals surface area contributed by atoms with Crippen LogP contribution in [0.1, 0.15) is 45.2 Å². The van der Waals surface area contributed by atoms with Gasteiger partial charge in [0.1, 0.15) is 5.01 Å². The summed E-state index contributed by atoms with van der Waals surface area (Å²) in [5, 5.41) is 12.4. The van der Waals surface area contributed by atoms with Gasteiger partial charge in [0.2, 0.25) is 11.0 Å². The van der Waals surface area contributed by atoms with Crippen LogP contribution in [0, 0.1) is 5.41 Å². The van der Waals surface area contributed by atoms with Crippen LogP contribution in [0.2, 0.25) is 0 Å². The standard InChI is InChI=1S/C17H24N4OS.ClH/c1-16(2,3)12(18)13(22)19-15-21-20-14(23-15)17(4,5)11-9-7-6-8-10-11;/h6-10,12H,18H2,1-5H3,(H,19,21,22);1H/t12-;/m1./s1. The fourth-order valence-electron chi connectivity index (χ4n) is 2.08. The smallest absolute Gasteiger partial charge is 0.243 e. The summed E-state index contributed by atoms with van der Waals surface area (Å²) >= 11 is 1.38. The summed E-state index contributed by atoms with van der Waals surface area (Å²) in [6, 6.07) is 9.52. The highest BCUT2D eigenvalue weighted by molar-refractivity contribution is 7.15. The maximum absolute atomic E-state index is 12.2. The highest BCUT2D eigenvalue weighted by Gasteiger charge is 2.30. The Labute approximate surface area is 153 Å². The van der Waals surface area contributed by atoms with E-state index in [1.165, 1.54) is 11.3 Å². The first-order chi connectivity index (χ1) is 10.6. The minimum absolute atomic E-state index is 0. The second-order valence-corrected chi connectivity index (χ2v) is 8.21. The highest BCUT2D eigenvalue weighted by Crippen LogP contribution is 2.34. The minimum Gasteiger partial charge on any atom is -0.319 e. The predicted molar refractivity (Wildman–Crippen MR) is 102 cm³/mol. The lowest BCUT2D eigenvalue weighted by atomic mass is 9.85. The number of nitrogens with two attached hydrogens (primary N) is 1. The normalized spacial score (nSPS) is 13.1. The molecule has 1 amide bonds. The molecule has 1 aromatic carbocycles. The summed E-state index contributed by atoms with van der Waals surface area (Å²) in [6.45, 7) is 9.98. The summed E-state index contributed by atoms with van der Waals surface area (Å²) in [6.07, 6.45) is 0. The second kappa shape index (κ2) is 7.59. The average molecular weight is 369 g/mol. The number of anilines is 1. The topological polar surface area (TPSA) is 80.9 Å². The van der Waals surface area contributed by atoms with Crippen molar-refractivity contribution in [3.05, 3.63) is 40.9 Å². The van der Waals surface area contributed by atoms with E-state index < -0.39 is 6.04 Å². The van der Waals surface area contributed by atoms with Crippen molar-refractivity contribution >= 4 is 34.8 Å². The lowest BCUT2D eigenvalue weighted by Crippen LogP contribution is -2.45. The SMILES string of the molecule is CC(C)(c1ccccc1)c1nnc(NC(=O)[C@@H](N)C(C)(C)C)s1.Cl. The number of hydrogen-bond donors (Lipinski definition) is 2. The van der Waals surface area contributed by atoms with Crippen molar-refractivity contribution in [1.82, 2.24) is 10.2 Å². The zero-order valence-corrected chi connectivity index (χ0v) is 16.3. The van der Waals surface area contributed by atoms with E-state index in [4.69, 9.17) is 5.73 Å². The first kappa shape index (κ1) is 20.5. The molecule has 5 nitrogen and oxygen atoms in total. The van der Waals surface area contributed by atoms with Gasteiger partial charge in [0.15, 0.2) is 0 Å². The van der Waals surface area contributed by atoms with Gasteiger partial charge >= 0.3 is 0 Å². The highest BCUT2D eigenvalue weighted by atomic mass is 35.5. The van der Waals surface area contributed by atoms with Gasteiger partial charge in [-0.2, -0.15) is 0 Å². The number of aromatic nitrogens is 2. The Kier molecular flexibility index (Phi) is 6.50. The molecule has 1 heterocycles. The number of hydrogen-bond acceptors (Lipinski definition) is 5. The van der Waals surface area contributed by atoms with E-state index in [2.05, 4.69) is 41.5 Å². The number of carbonyl (C=O) groups is 1. The maximum atomic E-state index is 12.2. The molecule has 24 heavy (non-hydrogen) atoms. The molecule has 7 heteroatoms. The Hall–Kier alpha value is -1.50. The van der Waals surface area contributed by atoms with E-state index in [1.54, 1.807) is 0 Å². The summed E-state index contributed by atoms with van der Waals surface area (Å²) in [4.78, 5) is 12.2. The molecule has 1 aromatic heterocycles. The molecule has 0 aliphatic rings. The summed E-state index contributed by atoms with van der Waals surface area (Å²) in [5.74, 6) is -0.238. The molecule has 0 aliphatic carbocycles. The Morgan fingerprint density at radius 2 is 1.71 bits per heavy atom. The average Bonchev–Trinajstić information content (AvgIpc) is 2.95. The van der Waals surface area contributed by atoms with E-state index in [1.807, 2.05) is 39.0 Å². The second-order valence-electron chi connectivity index (χ2n) is 7.24. The lowest BCUT2D eigenvalue weighted by molar-refractivity contribution is -0.119. The van der Waals surface area contributed by atoms with E-state index in [0.717, 1.165) is 10.6 Å². The summed E-state index contributed by atoms with van der Waals surface area (Å²) < 4.78 is 0. The molecule has 1 atom stereocenters. The van der Waals surface area contributed by atoms with Gasteiger partial charge in [-0.05, 0) is 24.8 Å². The van der Waals surface area contributed by atoms with Gasteiger partial charge in [0.05, 0.1) is 6.04 Å². The molecule has 0 saturated carbocycles. The molecule has 0 fully saturated rings. The quantitative estimate of drug-likeness (QED) is 0.863. The monoisotopic (exact) mass is 368 g/mol. The van der Waals surface area contributed by atoms with Gasteiger partial charge in [0, 0.05) is 5.41 Å². The molecule has 0 unspecified atom stereocenters. The van der Waals surface area contributed by atoms with Gasteiger partial charge in [0.25, 0.3) is 0 Å². The number of nitrogens with zero attached hydrogens (tertiary/aromatic N) is 2. The molecule has 0 saturated heterocycles. The number of halogens is 1. The zero-order valence-electron chi connectivity index (χ0n) is 14.7. The van der Waals surface area contributed by atoms with Crippen molar-refractivity contribution in [2.24, 2.45) is 11.1 Å². The fraction of sp³-hybridized carbons (Fsp3) is 0.471. The lowest BCUT2D eigenvalue weighted by Gasteiger charge is -2.25. The van der Waals surface area contributed by atoms with Crippen LogP contribution in [0.25, 0.3) is 0 Å². The van der Waals surface area contributed by atoms with Gasteiger partial charge in [-0.1, -0.05) is 62.4 Å². The van der Waals surface area contributed by atoms with Crippen molar-refractivity contribution in [2.75, 3.05) is 5.32 Å².